The Morgan fingerprint density at radius 1 is 1.08 bits per heavy atom. The average molecular weight is 182 g/mol. The van der Waals surface area contributed by atoms with E-state index in [1.807, 2.05) is 0 Å². The zero-order valence-electron chi connectivity index (χ0n) is 9.16. The molecule has 3 unspecified atom stereocenters. The van der Waals surface area contributed by atoms with E-state index in [4.69, 9.17) is 0 Å². The molecule has 2 rings (SSSR count). The zero-order valence-corrected chi connectivity index (χ0v) is 9.16. The first-order valence-corrected chi connectivity index (χ1v) is 5.63. The summed E-state index contributed by atoms with van der Waals surface area (Å²) in [5, 5.41) is 0. The fraction of sp³-hybridized carbons (Fsp3) is 1.00. The largest absolute Gasteiger partial charge is 0.305 e. The summed E-state index contributed by atoms with van der Waals surface area (Å²) in [7, 11) is 2.24. The molecule has 0 spiro atoms. The minimum atomic E-state index is 0.816. The van der Waals surface area contributed by atoms with E-state index < -0.39 is 0 Å². The normalized spacial score (nSPS) is 43.2. The predicted octanol–water partition coefficient (Wildman–Crippen LogP) is 1.42. The molecule has 76 valence electrons. The Bertz CT molecular complexity index is 181. The van der Waals surface area contributed by atoms with Gasteiger partial charge in [0.15, 0.2) is 0 Å². The summed E-state index contributed by atoms with van der Waals surface area (Å²) in [4.78, 5) is 5.19. The Balaban J connectivity index is 1.94. The van der Waals surface area contributed by atoms with Crippen LogP contribution >= 0.6 is 0 Å². The number of hydrogen-bond acceptors (Lipinski definition) is 2. The first-order chi connectivity index (χ1) is 6.18. The summed E-state index contributed by atoms with van der Waals surface area (Å²) in [5.41, 5.74) is 0. The van der Waals surface area contributed by atoms with Gasteiger partial charge in [-0.3, -0.25) is 4.90 Å². The van der Waals surface area contributed by atoms with E-state index in [2.05, 4.69) is 30.7 Å². The molecule has 0 bridgehead atoms. The van der Waals surface area contributed by atoms with Crippen LogP contribution in [0.3, 0.4) is 0 Å². The van der Waals surface area contributed by atoms with Crippen molar-refractivity contribution in [3.63, 3.8) is 0 Å². The van der Waals surface area contributed by atoms with Crippen LogP contribution in [0.2, 0.25) is 0 Å². The van der Waals surface area contributed by atoms with Crippen molar-refractivity contribution in [3.05, 3.63) is 0 Å². The topological polar surface area (TPSA) is 6.48 Å². The lowest BCUT2D eigenvalue weighted by Gasteiger charge is -2.29. The van der Waals surface area contributed by atoms with Gasteiger partial charge in [-0.2, -0.15) is 0 Å². The highest BCUT2D eigenvalue weighted by atomic mass is 15.3. The van der Waals surface area contributed by atoms with Gasteiger partial charge in [0.2, 0.25) is 0 Å². The SMILES string of the molecule is CC1CCN(C2CCN(C)C2)C1C. The van der Waals surface area contributed by atoms with Crippen molar-refractivity contribution in [2.75, 3.05) is 26.7 Å². The minimum absolute atomic E-state index is 0.816. The van der Waals surface area contributed by atoms with Crippen molar-refractivity contribution < 1.29 is 0 Å². The van der Waals surface area contributed by atoms with Crippen molar-refractivity contribution >= 4 is 0 Å². The van der Waals surface area contributed by atoms with E-state index in [-0.39, 0.29) is 0 Å². The second-order valence-corrected chi connectivity index (χ2v) is 4.95. The number of hydrogen-bond donors (Lipinski definition) is 0. The quantitative estimate of drug-likeness (QED) is 0.605. The molecule has 0 radical (unpaired) electrons. The van der Waals surface area contributed by atoms with Gasteiger partial charge in [-0.25, -0.2) is 0 Å². The summed E-state index contributed by atoms with van der Waals surface area (Å²) < 4.78 is 0. The molecule has 0 amide bonds. The molecule has 0 saturated carbocycles. The van der Waals surface area contributed by atoms with Crippen LogP contribution in [0.1, 0.15) is 26.7 Å². The predicted molar refractivity (Wildman–Crippen MR) is 55.9 cm³/mol. The van der Waals surface area contributed by atoms with E-state index in [1.165, 1.54) is 32.5 Å². The van der Waals surface area contributed by atoms with Crippen molar-refractivity contribution in [1.29, 1.82) is 0 Å². The maximum Gasteiger partial charge on any atom is 0.0238 e. The van der Waals surface area contributed by atoms with E-state index in [9.17, 15) is 0 Å². The second kappa shape index (κ2) is 3.58. The lowest BCUT2D eigenvalue weighted by Crippen LogP contribution is -2.40. The van der Waals surface area contributed by atoms with Gasteiger partial charge in [-0.05, 0) is 45.8 Å². The van der Waals surface area contributed by atoms with Crippen LogP contribution in [0.25, 0.3) is 0 Å². The maximum atomic E-state index is 2.73. The van der Waals surface area contributed by atoms with Crippen LogP contribution in [0.4, 0.5) is 0 Å². The highest BCUT2D eigenvalue weighted by Gasteiger charge is 2.34. The lowest BCUT2D eigenvalue weighted by molar-refractivity contribution is 0.178. The Kier molecular flexibility index (Phi) is 2.61. The third-order valence-corrected chi connectivity index (χ3v) is 4.02. The molecule has 13 heavy (non-hydrogen) atoms. The van der Waals surface area contributed by atoms with E-state index in [0.29, 0.717) is 0 Å². The van der Waals surface area contributed by atoms with Crippen LogP contribution in [-0.2, 0) is 0 Å². The van der Waals surface area contributed by atoms with Gasteiger partial charge in [0.1, 0.15) is 0 Å². The van der Waals surface area contributed by atoms with Gasteiger partial charge < -0.3 is 4.90 Å². The van der Waals surface area contributed by atoms with Crippen LogP contribution in [0, 0.1) is 5.92 Å². The third kappa shape index (κ3) is 1.75. The zero-order chi connectivity index (χ0) is 9.42. The summed E-state index contributed by atoms with van der Waals surface area (Å²) in [6.45, 7) is 8.71. The molecule has 0 aliphatic carbocycles. The number of nitrogens with zero attached hydrogens (tertiary/aromatic N) is 2. The molecule has 2 heteroatoms. The van der Waals surface area contributed by atoms with Crippen LogP contribution in [0.15, 0.2) is 0 Å². The number of likely N-dealkylation sites (tertiary alicyclic amines) is 2. The highest BCUT2D eigenvalue weighted by Crippen LogP contribution is 2.28. The molecule has 2 nitrogen and oxygen atoms in total. The van der Waals surface area contributed by atoms with Gasteiger partial charge in [0, 0.05) is 18.6 Å². The molecule has 0 N–H and O–H groups in total. The van der Waals surface area contributed by atoms with Gasteiger partial charge in [0.05, 0.1) is 0 Å². The number of likely N-dealkylation sites (N-methyl/N-ethyl adjacent to an activating group) is 1. The van der Waals surface area contributed by atoms with E-state index >= 15 is 0 Å². The summed E-state index contributed by atoms with van der Waals surface area (Å²) >= 11 is 0. The van der Waals surface area contributed by atoms with Gasteiger partial charge in [-0.1, -0.05) is 6.92 Å². The fourth-order valence-corrected chi connectivity index (χ4v) is 2.82. The van der Waals surface area contributed by atoms with Crippen LogP contribution < -0.4 is 0 Å². The molecule has 2 fully saturated rings. The second-order valence-electron chi connectivity index (χ2n) is 4.95. The first-order valence-electron chi connectivity index (χ1n) is 5.63. The summed E-state index contributed by atoms with van der Waals surface area (Å²) in [5.74, 6) is 0.908. The lowest BCUT2D eigenvalue weighted by atomic mass is 10.0. The Morgan fingerprint density at radius 3 is 2.31 bits per heavy atom. The first kappa shape index (κ1) is 9.47. The van der Waals surface area contributed by atoms with Gasteiger partial charge in [-0.15, -0.1) is 0 Å². The van der Waals surface area contributed by atoms with Crippen LogP contribution in [-0.4, -0.2) is 48.6 Å². The standard InChI is InChI=1S/C11H22N2/c1-9-4-7-13(10(9)2)11-5-6-12(3)8-11/h9-11H,4-8H2,1-3H3. The molecule has 0 aromatic carbocycles. The molecule has 2 aliphatic heterocycles. The molecule has 0 aromatic rings. The molecular formula is C11H22N2. The number of rotatable bonds is 1. The highest BCUT2D eigenvalue weighted by molar-refractivity contribution is 4.90. The van der Waals surface area contributed by atoms with Crippen molar-refractivity contribution in [1.82, 2.24) is 9.80 Å². The van der Waals surface area contributed by atoms with Crippen LogP contribution in [0.5, 0.6) is 0 Å². The van der Waals surface area contributed by atoms with E-state index in [0.717, 1.165) is 18.0 Å². The van der Waals surface area contributed by atoms with Crippen molar-refractivity contribution in [3.8, 4) is 0 Å². The van der Waals surface area contributed by atoms with E-state index in [1.54, 1.807) is 0 Å². The Labute approximate surface area is 81.9 Å². The molecule has 3 atom stereocenters. The maximum absolute atomic E-state index is 2.73. The fourth-order valence-electron chi connectivity index (χ4n) is 2.82. The van der Waals surface area contributed by atoms with Crippen molar-refractivity contribution in [2.24, 2.45) is 5.92 Å². The third-order valence-electron chi connectivity index (χ3n) is 4.02. The molecular weight excluding hydrogens is 160 g/mol. The summed E-state index contributed by atoms with van der Waals surface area (Å²) in [6.07, 6.45) is 2.79. The Morgan fingerprint density at radius 2 is 1.85 bits per heavy atom. The minimum Gasteiger partial charge on any atom is -0.305 e. The van der Waals surface area contributed by atoms with Crippen molar-refractivity contribution in [2.45, 2.75) is 38.8 Å². The molecule has 0 aromatic heterocycles. The van der Waals surface area contributed by atoms with Gasteiger partial charge >= 0.3 is 0 Å². The summed E-state index contributed by atoms with van der Waals surface area (Å²) in [6, 6.07) is 1.67. The molecule has 2 heterocycles. The monoisotopic (exact) mass is 182 g/mol. The van der Waals surface area contributed by atoms with Gasteiger partial charge in [0.25, 0.3) is 0 Å². The molecule has 2 saturated heterocycles. The smallest absolute Gasteiger partial charge is 0.0238 e. The molecule has 2 aliphatic rings. The Hall–Kier alpha value is -0.0800. The average Bonchev–Trinajstić information content (AvgIpc) is 2.62.